The van der Waals surface area contributed by atoms with Gasteiger partial charge in [0.25, 0.3) is 0 Å². The van der Waals surface area contributed by atoms with Gasteiger partial charge in [0, 0.05) is 29.6 Å². The van der Waals surface area contributed by atoms with Gasteiger partial charge in [-0.05, 0) is 31.5 Å². The van der Waals surface area contributed by atoms with Crippen LogP contribution in [0.2, 0.25) is 0 Å². The van der Waals surface area contributed by atoms with Crippen LogP contribution >= 0.6 is 11.8 Å². The van der Waals surface area contributed by atoms with E-state index in [-0.39, 0.29) is 18.9 Å². The zero-order valence-electron chi connectivity index (χ0n) is 16.0. The fraction of sp³-hybridized carbons (Fsp3) is 0.429. The average Bonchev–Trinajstić information content (AvgIpc) is 3.42. The Morgan fingerprint density at radius 2 is 2.07 bits per heavy atom. The maximum atomic E-state index is 6.04. The maximum Gasteiger partial charge on any atom is 0.231 e. The fourth-order valence-electron chi connectivity index (χ4n) is 4.14. The Balaban J connectivity index is 1.65. The highest BCUT2D eigenvalue weighted by Gasteiger charge is 2.46. The summed E-state index contributed by atoms with van der Waals surface area (Å²) in [5.41, 5.74) is 2.06. The van der Waals surface area contributed by atoms with Gasteiger partial charge in [0.05, 0.1) is 18.3 Å². The Bertz CT molecular complexity index is 905. The highest BCUT2D eigenvalue weighted by Crippen LogP contribution is 2.52. The lowest BCUT2D eigenvalue weighted by Gasteiger charge is -2.32. The van der Waals surface area contributed by atoms with Crippen molar-refractivity contribution < 1.29 is 14.2 Å². The topological polar surface area (TPSA) is 56.2 Å². The van der Waals surface area contributed by atoms with Crippen molar-refractivity contribution in [3.05, 3.63) is 47.8 Å². The lowest BCUT2D eigenvalue weighted by Crippen LogP contribution is -2.35. The van der Waals surface area contributed by atoms with Gasteiger partial charge in [-0.2, -0.15) is 0 Å². The Morgan fingerprint density at radius 3 is 2.82 bits per heavy atom. The van der Waals surface area contributed by atoms with Gasteiger partial charge in [-0.1, -0.05) is 24.8 Å². The van der Waals surface area contributed by atoms with Crippen LogP contribution in [-0.2, 0) is 0 Å². The molecular formula is C21H23N3O3S. The number of nitrogens with zero attached hydrogens (tertiary/aromatic N) is 3. The molecule has 5 rings (SSSR count). The molecule has 3 atom stereocenters. The van der Waals surface area contributed by atoms with Crippen LogP contribution in [0.4, 0.5) is 0 Å². The SMILES string of the molecule is CCOc1cc2c(cc1[C@H]1[C@@H](c3ccccn3)N=C3SC[C@@H](CC)N31)OCO2. The van der Waals surface area contributed by atoms with E-state index in [1.807, 2.05) is 43.1 Å². The summed E-state index contributed by atoms with van der Waals surface area (Å²) < 4.78 is 17.3. The molecule has 28 heavy (non-hydrogen) atoms. The molecule has 0 unspecified atom stereocenters. The lowest BCUT2D eigenvalue weighted by atomic mass is 9.94. The number of rotatable bonds is 5. The minimum atomic E-state index is -0.0716. The summed E-state index contributed by atoms with van der Waals surface area (Å²) in [5, 5.41) is 1.10. The molecule has 146 valence electrons. The molecular weight excluding hydrogens is 374 g/mol. The van der Waals surface area contributed by atoms with E-state index in [4.69, 9.17) is 19.2 Å². The number of aromatic nitrogens is 1. The second-order valence-electron chi connectivity index (χ2n) is 7.01. The van der Waals surface area contributed by atoms with Gasteiger partial charge in [0.2, 0.25) is 6.79 Å². The van der Waals surface area contributed by atoms with Gasteiger partial charge in [0.15, 0.2) is 16.7 Å². The molecule has 0 bridgehead atoms. The summed E-state index contributed by atoms with van der Waals surface area (Å²) in [6.07, 6.45) is 2.91. The first-order valence-electron chi connectivity index (χ1n) is 9.76. The smallest absolute Gasteiger partial charge is 0.231 e. The first-order chi connectivity index (χ1) is 13.8. The van der Waals surface area contributed by atoms with E-state index in [0.717, 1.165) is 45.8 Å². The summed E-state index contributed by atoms with van der Waals surface area (Å²) in [5.74, 6) is 3.41. The van der Waals surface area contributed by atoms with Crippen LogP contribution in [0.3, 0.4) is 0 Å². The van der Waals surface area contributed by atoms with Crippen LogP contribution in [0, 0.1) is 0 Å². The number of thioether (sulfide) groups is 1. The van der Waals surface area contributed by atoms with Crippen LogP contribution in [0.1, 0.15) is 43.6 Å². The van der Waals surface area contributed by atoms with Gasteiger partial charge >= 0.3 is 0 Å². The summed E-state index contributed by atoms with van der Waals surface area (Å²) in [6.45, 7) is 5.08. The highest BCUT2D eigenvalue weighted by molar-refractivity contribution is 8.14. The molecule has 3 aliphatic heterocycles. The van der Waals surface area contributed by atoms with Crippen molar-refractivity contribution >= 4 is 16.9 Å². The highest BCUT2D eigenvalue weighted by atomic mass is 32.2. The minimum absolute atomic E-state index is 0.0286. The summed E-state index contributed by atoms with van der Waals surface area (Å²) >= 11 is 1.84. The first kappa shape index (κ1) is 17.7. The molecule has 0 N–H and O–H groups in total. The van der Waals surface area contributed by atoms with Gasteiger partial charge in [-0.25, -0.2) is 0 Å². The molecule has 0 radical (unpaired) electrons. The molecule has 0 amide bonds. The second kappa shape index (κ2) is 7.20. The maximum absolute atomic E-state index is 6.04. The molecule has 7 heteroatoms. The zero-order valence-corrected chi connectivity index (χ0v) is 16.8. The molecule has 6 nitrogen and oxygen atoms in total. The van der Waals surface area contributed by atoms with Crippen molar-refractivity contribution in [2.75, 3.05) is 19.2 Å². The number of hydrogen-bond acceptors (Lipinski definition) is 7. The van der Waals surface area contributed by atoms with E-state index in [1.54, 1.807) is 0 Å². The third kappa shape index (κ3) is 2.80. The fourth-order valence-corrected chi connectivity index (χ4v) is 5.48. The van der Waals surface area contributed by atoms with Crippen LogP contribution in [0.5, 0.6) is 17.2 Å². The van der Waals surface area contributed by atoms with E-state index in [1.165, 1.54) is 0 Å². The average molecular weight is 398 g/mol. The molecule has 1 saturated heterocycles. The van der Waals surface area contributed by atoms with E-state index in [0.29, 0.717) is 12.6 Å². The molecule has 1 aromatic heterocycles. The van der Waals surface area contributed by atoms with Crippen LogP contribution in [0.25, 0.3) is 0 Å². The number of benzene rings is 1. The summed E-state index contributed by atoms with van der Waals surface area (Å²) in [6, 6.07) is 10.5. The largest absolute Gasteiger partial charge is 0.493 e. The first-order valence-corrected chi connectivity index (χ1v) is 10.7. The third-order valence-corrected chi connectivity index (χ3v) is 6.58. The number of fused-ring (bicyclic) bond motifs is 2. The Kier molecular flexibility index (Phi) is 4.55. The van der Waals surface area contributed by atoms with Crippen molar-refractivity contribution in [3.8, 4) is 17.2 Å². The molecule has 0 spiro atoms. The van der Waals surface area contributed by atoms with Gasteiger partial charge < -0.3 is 19.1 Å². The molecule has 0 saturated carbocycles. The Labute approximate surface area is 168 Å². The lowest BCUT2D eigenvalue weighted by molar-refractivity contribution is 0.173. The van der Waals surface area contributed by atoms with Gasteiger partial charge in [-0.15, -0.1) is 0 Å². The monoisotopic (exact) mass is 397 g/mol. The summed E-state index contributed by atoms with van der Waals surface area (Å²) in [4.78, 5) is 12.2. The number of hydrogen-bond donors (Lipinski definition) is 0. The van der Waals surface area contributed by atoms with E-state index >= 15 is 0 Å². The van der Waals surface area contributed by atoms with Crippen molar-refractivity contribution in [2.45, 2.75) is 38.4 Å². The minimum Gasteiger partial charge on any atom is -0.493 e. The molecule has 0 aliphatic carbocycles. The van der Waals surface area contributed by atoms with Crippen molar-refractivity contribution in [2.24, 2.45) is 4.99 Å². The molecule has 4 heterocycles. The van der Waals surface area contributed by atoms with Crippen molar-refractivity contribution in [1.82, 2.24) is 9.88 Å². The van der Waals surface area contributed by atoms with Crippen molar-refractivity contribution in [3.63, 3.8) is 0 Å². The zero-order chi connectivity index (χ0) is 19.1. The second-order valence-corrected chi connectivity index (χ2v) is 8.00. The normalized spacial score (nSPS) is 25.0. The third-order valence-electron chi connectivity index (χ3n) is 5.45. The predicted octanol–water partition coefficient (Wildman–Crippen LogP) is 4.19. The van der Waals surface area contributed by atoms with E-state index in [2.05, 4.69) is 28.9 Å². The quantitative estimate of drug-likeness (QED) is 0.754. The number of ether oxygens (including phenoxy) is 3. The predicted molar refractivity (Wildman–Crippen MR) is 109 cm³/mol. The van der Waals surface area contributed by atoms with Crippen molar-refractivity contribution in [1.29, 1.82) is 0 Å². The standard InChI is InChI=1S/C21H23N3O3S/c1-3-13-11-28-21-23-19(15-7-5-6-8-22-15)20(24(13)21)14-9-17-18(27-12-26-17)10-16(14)25-4-2/h5-10,13,19-20H,3-4,11-12H2,1-2H3/t13-,19-,20+/m1/s1. The summed E-state index contributed by atoms with van der Waals surface area (Å²) in [7, 11) is 0. The van der Waals surface area contributed by atoms with Crippen LogP contribution < -0.4 is 14.2 Å². The Morgan fingerprint density at radius 1 is 1.21 bits per heavy atom. The molecule has 1 fully saturated rings. The van der Waals surface area contributed by atoms with Gasteiger partial charge in [0.1, 0.15) is 11.8 Å². The van der Waals surface area contributed by atoms with E-state index < -0.39 is 0 Å². The Hall–Kier alpha value is -2.41. The molecule has 1 aromatic carbocycles. The van der Waals surface area contributed by atoms with Crippen LogP contribution in [-0.4, -0.2) is 40.2 Å². The van der Waals surface area contributed by atoms with E-state index in [9.17, 15) is 0 Å². The number of aliphatic imine (C=N–C) groups is 1. The molecule has 2 aromatic rings. The number of amidine groups is 1. The molecule has 3 aliphatic rings. The van der Waals surface area contributed by atoms with Crippen LogP contribution in [0.15, 0.2) is 41.5 Å². The van der Waals surface area contributed by atoms with Gasteiger partial charge in [-0.3, -0.25) is 9.98 Å². The number of pyridine rings is 1.